The van der Waals surface area contributed by atoms with Crippen LogP contribution >= 0.6 is 0 Å². The van der Waals surface area contributed by atoms with Gasteiger partial charge in [0.05, 0.1) is 11.4 Å². The van der Waals surface area contributed by atoms with Crippen molar-refractivity contribution in [2.75, 3.05) is 17.7 Å². The van der Waals surface area contributed by atoms with Crippen LogP contribution < -0.4 is 10.6 Å². The molecule has 0 bridgehead atoms. The number of benzene rings is 1. The molecule has 0 radical (unpaired) electrons. The molecule has 1 amide bonds. The minimum atomic E-state index is -0.194. The summed E-state index contributed by atoms with van der Waals surface area (Å²) in [5.74, 6) is -0.194. The molecule has 1 aromatic rings. The number of nitrogens with one attached hydrogen (secondary N) is 2. The first kappa shape index (κ1) is 12.0. The van der Waals surface area contributed by atoms with Gasteiger partial charge in [0.15, 0.2) is 0 Å². The maximum Gasteiger partial charge on any atom is 0.255 e. The van der Waals surface area contributed by atoms with Gasteiger partial charge < -0.3 is 10.6 Å². The number of hydrogen-bond acceptors (Lipinski definition) is 2. The van der Waals surface area contributed by atoms with E-state index in [0.29, 0.717) is 5.57 Å². The summed E-state index contributed by atoms with van der Waals surface area (Å²) >= 11 is 0. The molecule has 3 heteroatoms. The number of carbonyl (C=O) groups excluding carboxylic acids is 1. The minimum absolute atomic E-state index is 0.194. The Morgan fingerprint density at radius 1 is 1.31 bits per heavy atom. The summed E-state index contributed by atoms with van der Waals surface area (Å²) in [6, 6.07) is 7.51. The summed E-state index contributed by atoms with van der Waals surface area (Å²) in [6.45, 7) is 5.52. The highest BCUT2D eigenvalue weighted by molar-refractivity contribution is 6.06. The zero-order valence-corrected chi connectivity index (χ0v) is 9.58. The van der Waals surface area contributed by atoms with Crippen molar-refractivity contribution in [1.82, 2.24) is 0 Å². The molecule has 16 heavy (non-hydrogen) atoms. The third-order valence-corrected chi connectivity index (χ3v) is 2.10. The Hall–Kier alpha value is -2.03. The molecule has 0 fully saturated rings. The molecule has 0 unspecified atom stereocenters. The second-order valence-corrected chi connectivity index (χ2v) is 3.27. The number of hydrogen-bond donors (Lipinski definition) is 2. The smallest absolute Gasteiger partial charge is 0.255 e. The predicted octanol–water partition coefficient (Wildman–Crippen LogP) is 2.80. The van der Waals surface area contributed by atoms with Crippen molar-refractivity contribution in [3.8, 4) is 0 Å². The van der Waals surface area contributed by atoms with Crippen LogP contribution in [0, 0.1) is 0 Å². The average molecular weight is 216 g/mol. The van der Waals surface area contributed by atoms with E-state index >= 15 is 0 Å². The molecule has 0 aliphatic heterocycles. The molecule has 0 atom stereocenters. The molecular weight excluding hydrogens is 200 g/mol. The van der Waals surface area contributed by atoms with Crippen molar-refractivity contribution in [2.45, 2.75) is 6.92 Å². The largest absolute Gasteiger partial charge is 0.386 e. The van der Waals surface area contributed by atoms with Gasteiger partial charge in [-0.15, -0.1) is 0 Å². The van der Waals surface area contributed by atoms with E-state index in [2.05, 4.69) is 17.2 Å². The highest BCUT2D eigenvalue weighted by atomic mass is 16.1. The maximum absolute atomic E-state index is 11.7. The van der Waals surface area contributed by atoms with Gasteiger partial charge in [-0.3, -0.25) is 4.79 Å². The van der Waals surface area contributed by atoms with E-state index in [0.717, 1.165) is 11.4 Å². The van der Waals surface area contributed by atoms with E-state index < -0.39 is 0 Å². The molecule has 84 valence electrons. The normalized spacial score (nSPS) is 10.1. The van der Waals surface area contributed by atoms with Gasteiger partial charge in [-0.2, -0.15) is 0 Å². The SMILES string of the molecule is C=C(C=CC)C(=O)Nc1ccccc1NC. The lowest BCUT2D eigenvalue weighted by Crippen LogP contribution is -2.13. The molecule has 0 saturated carbocycles. The number of allylic oxidation sites excluding steroid dienone is 1. The van der Waals surface area contributed by atoms with Gasteiger partial charge in [0, 0.05) is 12.6 Å². The van der Waals surface area contributed by atoms with Crippen molar-refractivity contribution in [2.24, 2.45) is 0 Å². The fourth-order valence-electron chi connectivity index (χ4n) is 1.29. The standard InChI is InChI=1S/C13H16N2O/c1-4-7-10(2)13(16)15-12-9-6-5-8-11(12)14-3/h4-9,14H,2H2,1,3H3,(H,15,16). The Morgan fingerprint density at radius 3 is 2.50 bits per heavy atom. The molecule has 0 aromatic heterocycles. The van der Waals surface area contributed by atoms with Gasteiger partial charge in [-0.05, 0) is 19.1 Å². The zero-order valence-electron chi connectivity index (χ0n) is 9.58. The first-order valence-electron chi connectivity index (χ1n) is 5.08. The van der Waals surface area contributed by atoms with E-state index in [9.17, 15) is 4.79 Å². The Bertz CT molecular complexity index is 422. The Kier molecular flexibility index (Phi) is 4.33. The van der Waals surface area contributed by atoms with Gasteiger partial charge in [0.2, 0.25) is 0 Å². The highest BCUT2D eigenvalue weighted by Gasteiger charge is 2.06. The Morgan fingerprint density at radius 2 is 1.94 bits per heavy atom. The second kappa shape index (κ2) is 5.75. The first-order chi connectivity index (χ1) is 7.69. The van der Waals surface area contributed by atoms with Crippen LogP contribution in [-0.2, 0) is 4.79 Å². The van der Waals surface area contributed by atoms with Crippen molar-refractivity contribution < 1.29 is 4.79 Å². The third kappa shape index (κ3) is 2.98. The molecule has 1 aromatic carbocycles. The maximum atomic E-state index is 11.7. The van der Waals surface area contributed by atoms with Crippen molar-refractivity contribution in [1.29, 1.82) is 0 Å². The van der Waals surface area contributed by atoms with Crippen LogP contribution in [-0.4, -0.2) is 13.0 Å². The van der Waals surface area contributed by atoms with Crippen LogP contribution in [0.15, 0.2) is 48.6 Å². The van der Waals surface area contributed by atoms with Gasteiger partial charge in [-0.25, -0.2) is 0 Å². The monoisotopic (exact) mass is 216 g/mol. The summed E-state index contributed by atoms with van der Waals surface area (Å²) in [5, 5.41) is 5.80. The van der Waals surface area contributed by atoms with Gasteiger partial charge in [0.1, 0.15) is 0 Å². The molecule has 0 aliphatic rings. The van der Waals surface area contributed by atoms with Crippen LogP contribution in [0.25, 0.3) is 0 Å². The summed E-state index contributed by atoms with van der Waals surface area (Å²) in [7, 11) is 1.81. The second-order valence-electron chi connectivity index (χ2n) is 3.27. The van der Waals surface area contributed by atoms with Crippen LogP contribution in [0.5, 0.6) is 0 Å². The number of para-hydroxylation sites is 2. The summed E-state index contributed by atoms with van der Waals surface area (Å²) in [4.78, 5) is 11.7. The zero-order chi connectivity index (χ0) is 12.0. The Labute approximate surface area is 95.9 Å². The number of anilines is 2. The lowest BCUT2D eigenvalue weighted by atomic mass is 10.2. The molecular formula is C13H16N2O. The quantitative estimate of drug-likeness (QED) is 0.600. The average Bonchev–Trinajstić information content (AvgIpc) is 2.30. The van der Waals surface area contributed by atoms with Gasteiger partial charge >= 0.3 is 0 Å². The third-order valence-electron chi connectivity index (χ3n) is 2.10. The predicted molar refractivity (Wildman–Crippen MR) is 68.6 cm³/mol. The molecule has 0 saturated heterocycles. The highest BCUT2D eigenvalue weighted by Crippen LogP contribution is 2.20. The molecule has 0 heterocycles. The van der Waals surface area contributed by atoms with Crippen LogP contribution in [0.3, 0.4) is 0 Å². The van der Waals surface area contributed by atoms with Crippen LogP contribution in [0.1, 0.15) is 6.92 Å². The Balaban J connectivity index is 2.80. The number of amides is 1. The van der Waals surface area contributed by atoms with E-state index in [1.807, 2.05) is 38.2 Å². The van der Waals surface area contributed by atoms with Gasteiger partial charge in [-0.1, -0.05) is 30.9 Å². The number of rotatable bonds is 4. The van der Waals surface area contributed by atoms with E-state index in [4.69, 9.17) is 0 Å². The van der Waals surface area contributed by atoms with E-state index in [-0.39, 0.29) is 5.91 Å². The minimum Gasteiger partial charge on any atom is -0.386 e. The summed E-state index contributed by atoms with van der Waals surface area (Å²) in [5.41, 5.74) is 2.07. The van der Waals surface area contributed by atoms with Crippen molar-refractivity contribution in [3.63, 3.8) is 0 Å². The lowest BCUT2D eigenvalue weighted by Gasteiger charge is -2.10. The van der Waals surface area contributed by atoms with Crippen molar-refractivity contribution in [3.05, 3.63) is 48.6 Å². The molecule has 3 nitrogen and oxygen atoms in total. The number of carbonyl (C=O) groups is 1. The fraction of sp³-hybridized carbons (Fsp3) is 0.154. The van der Waals surface area contributed by atoms with Gasteiger partial charge in [0.25, 0.3) is 5.91 Å². The van der Waals surface area contributed by atoms with Crippen LogP contribution in [0.2, 0.25) is 0 Å². The molecule has 2 N–H and O–H groups in total. The van der Waals surface area contributed by atoms with E-state index in [1.165, 1.54) is 0 Å². The van der Waals surface area contributed by atoms with Crippen LogP contribution in [0.4, 0.5) is 11.4 Å². The molecule has 0 spiro atoms. The summed E-state index contributed by atoms with van der Waals surface area (Å²) in [6.07, 6.45) is 3.46. The van der Waals surface area contributed by atoms with Crippen molar-refractivity contribution >= 4 is 17.3 Å². The van der Waals surface area contributed by atoms with E-state index in [1.54, 1.807) is 12.2 Å². The summed E-state index contributed by atoms with van der Waals surface area (Å²) < 4.78 is 0. The lowest BCUT2D eigenvalue weighted by molar-refractivity contribution is -0.112. The first-order valence-corrected chi connectivity index (χ1v) is 5.08. The topological polar surface area (TPSA) is 41.1 Å². The molecule has 1 rings (SSSR count). The fourth-order valence-corrected chi connectivity index (χ4v) is 1.29. The molecule has 0 aliphatic carbocycles.